The van der Waals surface area contributed by atoms with Crippen molar-refractivity contribution in [3.63, 3.8) is 0 Å². The molecule has 2 unspecified atom stereocenters. The van der Waals surface area contributed by atoms with Gasteiger partial charge in [0.15, 0.2) is 0 Å². The minimum Gasteiger partial charge on any atom is -0.406 e. The fraction of sp³-hybridized carbons (Fsp3) is 0.333. The van der Waals surface area contributed by atoms with Gasteiger partial charge in [-0.1, -0.05) is 42.5 Å². The van der Waals surface area contributed by atoms with Crippen molar-refractivity contribution in [2.75, 3.05) is 37.2 Å². The highest BCUT2D eigenvalue weighted by Gasteiger charge is 2.31. The van der Waals surface area contributed by atoms with Gasteiger partial charge in [-0.25, -0.2) is 4.21 Å². The van der Waals surface area contributed by atoms with E-state index in [0.29, 0.717) is 38.4 Å². The third-order valence-corrected chi connectivity index (χ3v) is 6.51. The number of halogens is 3. The Kier molecular flexibility index (Phi) is 7.72. The fourth-order valence-corrected chi connectivity index (χ4v) is 4.73. The largest absolute Gasteiger partial charge is 0.573 e. The molecule has 1 aliphatic heterocycles. The van der Waals surface area contributed by atoms with Crippen LogP contribution in [0.1, 0.15) is 5.56 Å². The van der Waals surface area contributed by atoms with E-state index in [2.05, 4.69) is 9.64 Å². The predicted octanol–water partition coefficient (Wildman–Crippen LogP) is 4.63. The third kappa shape index (κ3) is 6.47. The van der Waals surface area contributed by atoms with Gasteiger partial charge in [-0.3, -0.25) is 13.8 Å². The molecule has 34 heavy (non-hydrogen) atoms. The molecule has 0 spiro atoms. The van der Waals surface area contributed by atoms with Crippen molar-refractivity contribution < 1.29 is 31.4 Å². The first-order chi connectivity index (χ1) is 16.3. The quantitative estimate of drug-likeness (QED) is 0.463. The van der Waals surface area contributed by atoms with Crippen molar-refractivity contribution >= 4 is 27.7 Å². The molecule has 6 nitrogen and oxygen atoms in total. The van der Waals surface area contributed by atoms with Crippen LogP contribution in [0.25, 0.3) is 10.8 Å². The number of ether oxygens (including phenoxy) is 2. The van der Waals surface area contributed by atoms with E-state index in [0.717, 1.165) is 16.3 Å². The number of hydrogen-bond acceptors (Lipinski definition) is 4. The Morgan fingerprint density at radius 2 is 1.71 bits per heavy atom. The summed E-state index contributed by atoms with van der Waals surface area (Å²) in [7, 11) is 0. The average Bonchev–Trinajstić information content (AvgIpc) is 2.82. The van der Waals surface area contributed by atoms with E-state index < -0.39 is 17.6 Å². The van der Waals surface area contributed by atoms with E-state index in [-0.39, 0.29) is 18.3 Å². The monoisotopic (exact) mass is 494 g/mol. The number of morpholine rings is 1. The molecule has 182 valence electrons. The SMILES string of the molecule is O=S(O)N(CC(Cc1ccc(OC(F)(F)F)cc1)N1CCOCC1)c1ccc2ccccc2c1. The van der Waals surface area contributed by atoms with E-state index in [1.807, 2.05) is 42.5 Å². The van der Waals surface area contributed by atoms with Crippen LogP contribution < -0.4 is 9.04 Å². The second-order valence-electron chi connectivity index (χ2n) is 8.02. The van der Waals surface area contributed by atoms with Gasteiger partial charge in [0.1, 0.15) is 5.75 Å². The minimum absolute atomic E-state index is 0.166. The predicted molar refractivity (Wildman–Crippen MR) is 125 cm³/mol. The molecule has 4 rings (SSSR count). The summed E-state index contributed by atoms with van der Waals surface area (Å²) in [5, 5.41) is 1.99. The first-order valence-electron chi connectivity index (χ1n) is 10.8. The molecular formula is C24H25F3N2O4S. The highest BCUT2D eigenvalue weighted by Crippen LogP contribution is 2.26. The Balaban J connectivity index is 1.57. The first kappa shape index (κ1) is 24.5. The third-order valence-electron chi connectivity index (χ3n) is 5.78. The zero-order chi connectivity index (χ0) is 24.1. The Labute approximate surface area is 198 Å². The maximum Gasteiger partial charge on any atom is 0.573 e. The molecule has 0 amide bonds. The van der Waals surface area contributed by atoms with Gasteiger partial charge in [0.2, 0.25) is 0 Å². The lowest BCUT2D eigenvalue weighted by Crippen LogP contribution is -2.50. The lowest BCUT2D eigenvalue weighted by atomic mass is 10.0. The summed E-state index contributed by atoms with van der Waals surface area (Å²) in [5.41, 5.74) is 1.42. The van der Waals surface area contributed by atoms with E-state index in [1.54, 1.807) is 12.1 Å². The lowest BCUT2D eigenvalue weighted by molar-refractivity contribution is -0.274. The van der Waals surface area contributed by atoms with Crippen LogP contribution in [0.15, 0.2) is 66.7 Å². The molecule has 10 heteroatoms. The number of hydrogen-bond donors (Lipinski definition) is 1. The van der Waals surface area contributed by atoms with Crippen LogP contribution >= 0.6 is 0 Å². The van der Waals surface area contributed by atoms with Crippen molar-refractivity contribution in [3.05, 3.63) is 72.3 Å². The zero-order valence-corrected chi connectivity index (χ0v) is 19.1. The molecule has 1 aliphatic rings. The Morgan fingerprint density at radius 3 is 2.35 bits per heavy atom. The van der Waals surface area contributed by atoms with Gasteiger partial charge in [-0.2, -0.15) is 0 Å². The highest BCUT2D eigenvalue weighted by molar-refractivity contribution is 7.80. The molecule has 0 aliphatic carbocycles. The maximum atomic E-state index is 12.5. The number of alkyl halides is 3. The molecular weight excluding hydrogens is 469 g/mol. The number of rotatable bonds is 8. The van der Waals surface area contributed by atoms with Gasteiger partial charge in [0, 0.05) is 25.7 Å². The highest BCUT2D eigenvalue weighted by atomic mass is 32.2. The minimum atomic E-state index is -4.75. The van der Waals surface area contributed by atoms with Crippen molar-refractivity contribution in [2.45, 2.75) is 18.8 Å². The van der Waals surface area contributed by atoms with E-state index in [9.17, 15) is 21.9 Å². The molecule has 1 N–H and O–H groups in total. The Morgan fingerprint density at radius 1 is 1.03 bits per heavy atom. The summed E-state index contributed by atoms with van der Waals surface area (Å²) in [5.74, 6) is -0.284. The van der Waals surface area contributed by atoms with Crippen LogP contribution in [-0.4, -0.2) is 58.9 Å². The van der Waals surface area contributed by atoms with Crippen molar-refractivity contribution in [3.8, 4) is 5.75 Å². The van der Waals surface area contributed by atoms with Crippen LogP contribution in [0.4, 0.5) is 18.9 Å². The second-order valence-corrected chi connectivity index (χ2v) is 8.92. The normalized spacial score (nSPS) is 16.8. The topological polar surface area (TPSA) is 62.2 Å². The molecule has 3 aromatic carbocycles. The van der Waals surface area contributed by atoms with E-state index in [4.69, 9.17) is 4.74 Å². The van der Waals surface area contributed by atoms with Gasteiger partial charge >= 0.3 is 6.36 Å². The van der Waals surface area contributed by atoms with E-state index in [1.165, 1.54) is 16.4 Å². The van der Waals surface area contributed by atoms with Gasteiger partial charge in [-0.05, 0) is 47.0 Å². The molecule has 1 fully saturated rings. The summed E-state index contributed by atoms with van der Waals surface area (Å²) in [4.78, 5) is 2.19. The number of fused-ring (bicyclic) bond motifs is 1. The van der Waals surface area contributed by atoms with Gasteiger partial charge in [-0.15, -0.1) is 13.2 Å². The summed E-state index contributed by atoms with van der Waals surface area (Å²) < 4.78 is 70.8. The van der Waals surface area contributed by atoms with Gasteiger partial charge < -0.3 is 9.47 Å². The Hall–Kier alpha value is -2.66. The molecule has 0 radical (unpaired) electrons. The Bertz CT molecular complexity index is 1120. The molecule has 3 aromatic rings. The fourth-order valence-electron chi connectivity index (χ4n) is 4.13. The second kappa shape index (κ2) is 10.7. The molecule has 1 heterocycles. The van der Waals surface area contributed by atoms with Crippen molar-refractivity contribution in [1.82, 2.24) is 4.90 Å². The first-order valence-corrected chi connectivity index (χ1v) is 11.9. The summed E-state index contributed by atoms with van der Waals surface area (Å²) in [6.07, 6.45) is -4.27. The zero-order valence-electron chi connectivity index (χ0n) is 18.3. The van der Waals surface area contributed by atoms with Gasteiger partial charge in [0.05, 0.1) is 18.9 Å². The molecule has 0 bridgehead atoms. The number of nitrogens with zero attached hydrogens (tertiary/aromatic N) is 2. The maximum absolute atomic E-state index is 12.5. The van der Waals surface area contributed by atoms with Crippen molar-refractivity contribution in [1.29, 1.82) is 0 Å². The van der Waals surface area contributed by atoms with Gasteiger partial charge in [0.25, 0.3) is 11.3 Å². The smallest absolute Gasteiger partial charge is 0.406 e. The molecule has 1 saturated heterocycles. The van der Waals surface area contributed by atoms with Crippen LogP contribution in [0.2, 0.25) is 0 Å². The van der Waals surface area contributed by atoms with Crippen LogP contribution in [0.3, 0.4) is 0 Å². The van der Waals surface area contributed by atoms with E-state index >= 15 is 0 Å². The average molecular weight is 495 g/mol. The van der Waals surface area contributed by atoms with Crippen LogP contribution in [0.5, 0.6) is 5.75 Å². The number of benzene rings is 3. The number of anilines is 1. The molecule has 2 atom stereocenters. The lowest BCUT2D eigenvalue weighted by Gasteiger charge is -2.37. The molecule has 0 saturated carbocycles. The van der Waals surface area contributed by atoms with Crippen LogP contribution in [-0.2, 0) is 22.4 Å². The van der Waals surface area contributed by atoms with Crippen LogP contribution in [0, 0.1) is 0 Å². The summed E-state index contributed by atoms with van der Waals surface area (Å²) in [6.45, 7) is 2.66. The molecule has 0 aromatic heterocycles. The standard InChI is InChI=1S/C24H25F3N2O4S/c25-24(26,27)33-23-9-5-18(6-10-23)15-22(28-11-13-32-14-12-28)17-29(34(30)31)21-8-7-19-3-1-2-4-20(19)16-21/h1-10,16,22H,11-15,17H2,(H,30,31). The van der Waals surface area contributed by atoms with Crippen molar-refractivity contribution in [2.24, 2.45) is 0 Å². The summed E-state index contributed by atoms with van der Waals surface area (Å²) in [6, 6.07) is 18.9. The summed E-state index contributed by atoms with van der Waals surface area (Å²) >= 11 is -2.26.